The van der Waals surface area contributed by atoms with Gasteiger partial charge in [0.1, 0.15) is 5.82 Å². The fraction of sp³-hybridized carbons (Fsp3) is 0.348. The topological polar surface area (TPSA) is 59.7 Å². The van der Waals surface area contributed by atoms with Crippen LogP contribution in [0.25, 0.3) is 0 Å². The van der Waals surface area contributed by atoms with Crippen LogP contribution in [0.2, 0.25) is 10.0 Å². The van der Waals surface area contributed by atoms with Gasteiger partial charge in [-0.25, -0.2) is 4.98 Å². The average Bonchev–Trinajstić information content (AvgIpc) is 3.49. The monoisotopic (exact) mass is 490 g/mol. The summed E-state index contributed by atoms with van der Waals surface area (Å²) in [6.07, 6.45) is 5.48. The van der Waals surface area contributed by atoms with Crippen LogP contribution in [0.3, 0.4) is 0 Å². The van der Waals surface area contributed by atoms with E-state index in [0.717, 1.165) is 34.8 Å². The van der Waals surface area contributed by atoms with Crippen molar-refractivity contribution >= 4 is 46.2 Å². The van der Waals surface area contributed by atoms with Gasteiger partial charge in [-0.3, -0.25) is 4.79 Å². The molecule has 1 aromatic carbocycles. The summed E-state index contributed by atoms with van der Waals surface area (Å²) >= 11 is 14.1. The third kappa shape index (κ3) is 5.52. The Morgan fingerprint density at radius 2 is 2.09 bits per heavy atom. The van der Waals surface area contributed by atoms with Crippen molar-refractivity contribution in [3.8, 4) is 0 Å². The van der Waals surface area contributed by atoms with Gasteiger partial charge in [0.15, 0.2) is 6.61 Å². The zero-order chi connectivity index (χ0) is 22.5. The standard InChI is InChI=1S/C23H24Cl2N4O2S/c1-16(21-3-2-12-32-21)27-31-15-22(30)28-9-6-17(7-10-28)23-26-8-11-29(23)14-18-13-19(24)4-5-20(18)25/h2-5,8,11-13,17H,6-7,9-10,14-15H2,1H3. The fourth-order valence-electron chi connectivity index (χ4n) is 3.85. The molecule has 1 fully saturated rings. The average molecular weight is 491 g/mol. The minimum Gasteiger partial charge on any atom is -0.385 e. The molecule has 0 N–H and O–H groups in total. The summed E-state index contributed by atoms with van der Waals surface area (Å²) in [4.78, 5) is 25.3. The number of carbonyl (C=O) groups excluding carboxylic acids is 1. The maximum absolute atomic E-state index is 12.5. The van der Waals surface area contributed by atoms with Gasteiger partial charge in [-0.15, -0.1) is 11.3 Å². The van der Waals surface area contributed by atoms with Crippen molar-refractivity contribution in [2.24, 2.45) is 5.16 Å². The third-order valence-corrected chi connectivity index (χ3v) is 7.16. The lowest BCUT2D eigenvalue weighted by molar-refractivity contribution is -0.137. The summed E-state index contributed by atoms with van der Waals surface area (Å²) in [6.45, 7) is 3.79. The summed E-state index contributed by atoms with van der Waals surface area (Å²) in [5, 5.41) is 7.40. The third-order valence-electron chi connectivity index (χ3n) is 5.58. The Kier molecular flexibility index (Phi) is 7.50. The number of nitrogens with zero attached hydrogens (tertiary/aromatic N) is 4. The van der Waals surface area contributed by atoms with Crippen molar-refractivity contribution < 1.29 is 9.63 Å². The lowest BCUT2D eigenvalue weighted by atomic mass is 9.95. The number of halogens is 2. The second-order valence-corrected chi connectivity index (χ2v) is 9.52. The van der Waals surface area contributed by atoms with Crippen molar-refractivity contribution in [1.82, 2.24) is 14.5 Å². The largest absolute Gasteiger partial charge is 0.385 e. The number of likely N-dealkylation sites (tertiary alicyclic amines) is 1. The second-order valence-electron chi connectivity index (χ2n) is 7.73. The molecule has 32 heavy (non-hydrogen) atoms. The molecule has 6 nitrogen and oxygen atoms in total. The molecule has 0 unspecified atom stereocenters. The van der Waals surface area contributed by atoms with Crippen LogP contribution in [-0.2, 0) is 16.2 Å². The highest BCUT2D eigenvalue weighted by Gasteiger charge is 2.26. The number of carbonyl (C=O) groups is 1. The molecular formula is C23H24Cl2N4O2S. The van der Waals surface area contributed by atoms with E-state index in [2.05, 4.69) is 14.7 Å². The van der Waals surface area contributed by atoms with Crippen LogP contribution >= 0.6 is 34.5 Å². The summed E-state index contributed by atoms with van der Waals surface area (Å²) in [5.74, 6) is 1.26. The van der Waals surface area contributed by atoms with Gasteiger partial charge in [0.2, 0.25) is 0 Å². The lowest BCUT2D eigenvalue weighted by Crippen LogP contribution is -2.40. The number of thiophene rings is 1. The minimum atomic E-state index is -0.0464. The molecule has 3 aromatic rings. The number of piperidine rings is 1. The van der Waals surface area contributed by atoms with Crippen molar-refractivity contribution in [2.45, 2.75) is 32.2 Å². The second kappa shape index (κ2) is 10.5. The minimum absolute atomic E-state index is 0.0415. The zero-order valence-electron chi connectivity index (χ0n) is 17.7. The SMILES string of the molecule is CC(=NOCC(=O)N1CCC(c2nccn2Cc2cc(Cl)ccc2Cl)CC1)c1cccs1. The summed E-state index contributed by atoms with van der Waals surface area (Å²) in [6, 6.07) is 9.42. The van der Waals surface area contributed by atoms with E-state index in [9.17, 15) is 4.79 Å². The predicted molar refractivity (Wildman–Crippen MR) is 129 cm³/mol. The first-order valence-corrected chi connectivity index (χ1v) is 12.1. The fourth-order valence-corrected chi connectivity index (χ4v) is 4.90. The van der Waals surface area contributed by atoms with E-state index in [1.54, 1.807) is 17.4 Å². The molecule has 1 saturated heterocycles. The molecule has 168 valence electrons. The van der Waals surface area contributed by atoms with Crippen LogP contribution in [0.5, 0.6) is 0 Å². The predicted octanol–water partition coefficient (Wildman–Crippen LogP) is 5.45. The highest BCUT2D eigenvalue weighted by atomic mass is 35.5. The lowest BCUT2D eigenvalue weighted by Gasteiger charge is -2.31. The van der Waals surface area contributed by atoms with Crippen molar-refractivity contribution in [3.63, 3.8) is 0 Å². The van der Waals surface area contributed by atoms with Gasteiger partial charge in [-0.05, 0) is 55.0 Å². The highest BCUT2D eigenvalue weighted by Crippen LogP contribution is 2.29. The maximum Gasteiger partial charge on any atom is 0.263 e. The van der Waals surface area contributed by atoms with Crippen LogP contribution in [0.4, 0.5) is 0 Å². The van der Waals surface area contributed by atoms with Gasteiger partial charge in [-0.1, -0.05) is 34.4 Å². The molecule has 0 aliphatic carbocycles. The van der Waals surface area contributed by atoms with Gasteiger partial charge in [0, 0.05) is 41.4 Å². The maximum atomic E-state index is 12.5. The van der Waals surface area contributed by atoms with Crippen molar-refractivity contribution in [2.75, 3.05) is 19.7 Å². The molecule has 1 aliphatic heterocycles. The van der Waals surface area contributed by atoms with E-state index < -0.39 is 0 Å². The normalized spacial score (nSPS) is 15.2. The van der Waals surface area contributed by atoms with Crippen LogP contribution in [0.1, 0.15) is 41.9 Å². The Morgan fingerprint density at radius 3 is 2.84 bits per heavy atom. The van der Waals surface area contributed by atoms with E-state index in [0.29, 0.717) is 29.7 Å². The van der Waals surface area contributed by atoms with Crippen LogP contribution < -0.4 is 0 Å². The van der Waals surface area contributed by atoms with E-state index >= 15 is 0 Å². The molecule has 0 bridgehead atoms. The Labute approximate surface area is 201 Å². The Hall–Kier alpha value is -2.35. The van der Waals surface area contributed by atoms with Gasteiger partial charge >= 0.3 is 0 Å². The number of imidazole rings is 1. The van der Waals surface area contributed by atoms with E-state index in [4.69, 9.17) is 28.0 Å². The molecule has 2 aromatic heterocycles. The van der Waals surface area contributed by atoms with Crippen LogP contribution in [-0.4, -0.2) is 45.8 Å². The number of hydrogen-bond acceptors (Lipinski definition) is 5. The van der Waals surface area contributed by atoms with Gasteiger partial charge < -0.3 is 14.3 Å². The number of aromatic nitrogens is 2. The smallest absolute Gasteiger partial charge is 0.263 e. The Bertz CT molecular complexity index is 1090. The molecule has 1 amide bonds. The van der Waals surface area contributed by atoms with Gasteiger partial charge in [0.25, 0.3) is 5.91 Å². The number of hydrogen-bond donors (Lipinski definition) is 0. The molecule has 4 rings (SSSR count). The zero-order valence-corrected chi connectivity index (χ0v) is 20.0. The van der Waals surface area contributed by atoms with Gasteiger partial charge in [0.05, 0.1) is 17.1 Å². The van der Waals surface area contributed by atoms with Crippen LogP contribution in [0.15, 0.2) is 53.3 Å². The molecule has 0 spiro atoms. The van der Waals surface area contributed by atoms with E-state index in [-0.39, 0.29) is 18.4 Å². The molecule has 0 radical (unpaired) electrons. The first-order valence-electron chi connectivity index (χ1n) is 10.4. The molecule has 3 heterocycles. The van der Waals surface area contributed by atoms with Crippen molar-refractivity contribution in [1.29, 1.82) is 0 Å². The van der Waals surface area contributed by atoms with Gasteiger partial charge in [-0.2, -0.15) is 0 Å². The Balaban J connectivity index is 1.30. The molecular weight excluding hydrogens is 467 g/mol. The Morgan fingerprint density at radius 1 is 1.28 bits per heavy atom. The number of amides is 1. The summed E-state index contributed by atoms with van der Waals surface area (Å²) in [7, 11) is 0. The summed E-state index contributed by atoms with van der Waals surface area (Å²) in [5.41, 5.74) is 1.74. The molecule has 0 saturated carbocycles. The molecule has 9 heteroatoms. The number of rotatable bonds is 7. The summed E-state index contributed by atoms with van der Waals surface area (Å²) < 4.78 is 2.12. The quantitative estimate of drug-likeness (QED) is 0.326. The van der Waals surface area contributed by atoms with Crippen molar-refractivity contribution in [3.05, 3.63) is 74.4 Å². The van der Waals surface area contributed by atoms with E-state index in [1.165, 1.54) is 0 Å². The first-order chi connectivity index (χ1) is 15.5. The van der Waals surface area contributed by atoms with E-state index in [1.807, 2.05) is 53.9 Å². The number of benzene rings is 1. The first kappa shape index (κ1) is 22.8. The highest BCUT2D eigenvalue weighted by molar-refractivity contribution is 7.12. The molecule has 1 aliphatic rings. The molecule has 0 atom stereocenters. The number of oxime groups is 1. The van der Waals surface area contributed by atoms with Crippen LogP contribution in [0, 0.1) is 0 Å².